The van der Waals surface area contributed by atoms with Crippen molar-refractivity contribution in [2.75, 3.05) is 19.7 Å². The summed E-state index contributed by atoms with van der Waals surface area (Å²) in [5, 5.41) is 8.71. The van der Waals surface area contributed by atoms with E-state index < -0.39 is 0 Å². The van der Waals surface area contributed by atoms with Crippen LogP contribution >= 0.6 is 0 Å². The van der Waals surface area contributed by atoms with Crippen LogP contribution in [0.1, 0.15) is 5.76 Å². The normalized spacial score (nSPS) is 23.2. The van der Waals surface area contributed by atoms with Gasteiger partial charge in [-0.1, -0.05) is 0 Å². The summed E-state index contributed by atoms with van der Waals surface area (Å²) in [5.74, 6) is 0.934. The Kier molecular flexibility index (Phi) is 2.82. The van der Waals surface area contributed by atoms with Crippen molar-refractivity contribution in [2.45, 2.75) is 12.6 Å². The monoisotopic (exact) mass is 192 g/mol. The minimum Gasteiger partial charge on any atom is -0.468 e. The first-order valence-electron chi connectivity index (χ1n) is 4.64. The number of rotatable bonds is 2. The third-order valence-electron chi connectivity index (χ3n) is 2.25. The molecule has 0 aliphatic carbocycles. The molecule has 1 aromatic rings. The largest absolute Gasteiger partial charge is 0.468 e. The fourth-order valence-corrected chi connectivity index (χ4v) is 1.55. The minimum absolute atomic E-state index is 0.293. The number of nitrogens with zero attached hydrogens (tertiary/aromatic N) is 2. The van der Waals surface area contributed by atoms with Gasteiger partial charge in [-0.2, -0.15) is 5.26 Å². The highest BCUT2D eigenvalue weighted by atomic mass is 16.5. The molecule has 0 aromatic carbocycles. The second-order valence-electron chi connectivity index (χ2n) is 3.30. The Bertz CT molecular complexity index is 315. The molecule has 0 radical (unpaired) electrons. The van der Waals surface area contributed by atoms with Gasteiger partial charge in [-0.05, 0) is 12.1 Å². The maximum absolute atomic E-state index is 8.71. The second kappa shape index (κ2) is 4.27. The fraction of sp³-hybridized carbons (Fsp3) is 0.500. The average Bonchev–Trinajstić information content (AvgIpc) is 2.71. The molecule has 4 heteroatoms. The lowest BCUT2D eigenvalue weighted by Crippen LogP contribution is -2.41. The lowest BCUT2D eigenvalue weighted by Gasteiger charge is -2.28. The Morgan fingerprint density at radius 3 is 3.29 bits per heavy atom. The number of hydrogen-bond acceptors (Lipinski definition) is 4. The summed E-state index contributed by atoms with van der Waals surface area (Å²) in [6.45, 7) is 2.91. The van der Waals surface area contributed by atoms with E-state index in [2.05, 4.69) is 11.0 Å². The van der Waals surface area contributed by atoms with Crippen LogP contribution in [0.4, 0.5) is 0 Å². The third-order valence-corrected chi connectivity index (χ3v) is 2.25. The number of morpholine rings is 1. The van der Waals surface area contributed by atoms with E-state index in [9.17, 15) is 0 Å². The van der Waals surface area contributed by atoms with Crippen LogP contribution in [0.2, 0.25) is 0 Å². The summed E-state index contributed by atoms with van der Waals surface area (Å²) in [6, 6.07) is 5.93. The zero-order valence-corrected chi connectivity index (χ0v) is 7.85. The molecule has 0 amide bonds. The lowest BCUT2D eigenvalue weighted by molar-refractivity contribution is -0.00486. The molecule has 1 aliphatic rings. The molecule has 2 heterocycles. The third kappa shape index (κ3) is 2.13. The molecule has 1 saturated heterocycles. The topological polar surface area (TPSA) is 49.4 Å². The highest BCUT2D eigenvalue weighted by Gasteiger charge is 2.20. The van der Waals surface area contributed by atoms with Crippen LogP contribution in [0.5, 0.6) is 0 Å². The van der Waals surface area contributed by atoms with Gasteiger partial charge in [0.1, 0.15) is 5.76 Å². The van der Waals surface area contributed by atoms with E-state index in [1.54, 1.807) is 6.26 Å². The van der Waals surface area contributed by atoms with Crippen molar-refractivity contribution >= 4 is 0 Å². The Hall–Kier alpha value is -1.31. The predicted molar refractivity (Wildman–Crippen MR) is 49.3 cm³/mol. The van der Waals surface area contributed by atoms with Crippen molar-refractivity contribution in [3.63, 3.8) is 0 Å². The molecule has 0 spiro atoms. The second-order valence-corrected chi connectivity index (χ2v) is 3.30. The summed E-state index contributed by atoms with van der Waals surface area (Å²) >= 11 is 0. The van der Waals surface area contributed by atoms with Gasteiger partial charge in [-0.25, -0.2) is 0 Å². The van der Waals surface area contributed by atoms with Crippen molar-refractivity contribution in [1.82, 2.24) is 4.90 Å². The molecular formula is C10H12N2O2. The average molecular weight is 192 g/mol. The molecule has 14 heavy (non-hydrogen) atoms. The first-order chi connectivity index (χ1) is 6.88. The molecule has 1 atom stereocenters. The van der Waals surface area contributed by atoms with Gasteiger partial charge in [0.2, 0.25) is 0 Å². The van der Waals surface area contributed by atoms with Crippen molar-refractivity contribution in [1.29, 1.82) is 5.26 Å². The van der Waals surface area contributed by atoms with E-state index in [0.717, 1.165) is 18.8 Å². The number of nitriles is 1. The molecule has 1 aromatic heterocycles. The number of furan rings is 1. The van der Waals surface area contributed by atoms with Crippen LogP contribution in [0.25, 0.3) is 0 Å². The number of hydrogen-bond donors (Lipinski definition) is 0. The molecule has 0 N–H and O–H groups in total. The minimum atomic E-state index is -0.293. The van der Waals surface area contributed by atoms with E-state index in [0.29, 0.717) is 13.2 Å². The standard InChI is InChI=1S/C10H12N2O2/c11-6-10-8-12(3-5-14-10)7-9-2-1-4-13-9/h1-2,4,10H,3,5,7-8H2. The smallest absolute Gasteiger partial charge is 0.156 e. The molecule has 1 aliphatic heterocycles. The van der Waals surface area contributed by atoms with Crippen LogP contribution in [-0.4, -0.2) is 30.7 Å². The molecular weight excluding hydrogens is 180 g/mol. The predicted octanol–water partition coefficient (Wildman–Crippen LogP) is 1.00. The highest BCUT2D eigenvalue weighted by molar-refractivity contribution is 4.99. The SMILES string of the molecule is N#CC1CN(Cc2ccco2)CCO1. The van der Waals surface area contributed by atoms with Crippen LogP contribution in [0.3, 0.4) is 0 Å². The van der Waals surface area contributed by atoms with Crippen LogP contribution < -0.4 is 0 Å². The fourth-order valence-electron chi connectivity index (χ4n) is 1.55. The summed E-state index contributed by atoms with van der Waals surface area (Å²) in [7, 11) is 0. The van der Waals surface area contributed by atoms with E-state index in [-0.39, 0.29) is 6.10 Å². The summed E-state index contributed by atoms with van der Waals surface area (Å²) in [6.07, 6.45) is 1.37. The van der Waals surface area contributed by atoms with Gasteiger partial charge in [0.25, 0.3) is 0 Å². The van der Waals surface area contributed by atoms with Gasteiger partial charge < -0.3 is 9.15 Å². The molecule has 1 unspecified atom stereocenters. The van der Waals surface area contributed by atoms with Crippen molar-refractivity contribution in [2.24, 2.45) is 0 Å². The quantitative estimate of drug-likeness (QED) is 0.701. The zero-order valence-electron chi connectivity index (χ0n) is 7.85. The summed E-state index contributed by atoms with van der Waals surface area (Å²) in [5.41, 5.74) is 0. The molecule has 0 saturated carbocycles. The molecule has 2 rings (SSSR count). The Morgan fingerprint density at radius 1 is 1.64 bits per heavy atom. The van der Waals surface area contributed by atoms with E-state index in [4.69, 9.17) is 14.4 Å². The van der Waals surface area contributed by atoms with Gasteiger partial charge in [-0.15, -0.1) is 0 Å². The van der Waals surface area contributed by atoms with Crippen LogP contribution in [0, 0.1) is 11.3 Å². The Morgan fingerprint density at radius 2 is 2.57 bits per heavy atom. The maximum atomic E-state index is 8.71. The van der Waals surface area contributed by atoms with E-state index in [1.807, 2.05) is 12.1 Å². The van der Waals surface area contributed by atoms with Gasteiger partial charge in [0.05, 0.1) is 25.5 Å². The maximum Gasteiger partial charge on any atom is 0.156 e. The first kappa shape index (κ1) is 9.25. The first-order valence-corrected chi connectivity index (χ1v) is 4.64. The van der Waals surface area contributed by atoms with Gasteiger partial charge >= 0.3 is 0 Å². The van der Waals surface area contributed by atoms with E-state index >= 15 is 0 Å². The van der Waals surface area contributed by atoms with Gasteiger partial charge in [-0.3, -0.25) is 4.90 Å². The van der Waals surface area contributed by atoms with Gasteiger partial charge in [0, 0.05) is 13.1 Å². The lowest BCUT2D eigenvalue weighted by atomic mass is 10.3. The van der Waals surface area contributed by atoms with Crippen molar-refractivity contribution in [3.8, 4) is 6.07 Å². The van der Waals surface area contributed by atoms with Crippen molar-refractivity contribution < 1.29 is 9.15 Å². The van der Waals surface area contributed by atoms with Crippen LogP contribution in [-0.2, 0) is 11.3 Å². The summed E-state index contributed by atoms with van der Waals surface area (Å²) in [4.78, 5) is 2.16. The molecule has 74 valence electrons. The van der Waals surface area contributed by atoms with Crippen molar-refractivity contribution in [3.05, 3.63) is 24.2 Å². The zero-order chi connectivity index (χ0) is 9.80. The van der Waals surface area contributed by atoms with Gasteiger partial charge in [0.15, 0.2) is 6.10 Å². The molecule has 0 bridgehead atoms. The number of ether oxygens (including phenoxy) is 1. The Labute approximate surface area is 82.7 Å². The summed E-state index contributed by atoms with van der Waals surface area (Å²) < 4.78 is 10.5. The van der Waals surface area contributed by atoms with Crippen LogP contribution in [0.15, 0.2) is 22.8 Å². The van der Waals surface area contributed by atoms with E-state index in [1.165, 1.54) is 0 Å². The molecule has 4 nitrogen and oxygen atoms in total. The highest BCUT2D eigenvalue weighted by Crippen LogP contribution is 2.10. The molecule has 1 fully saturated rings. The Balaban J connectivity index is 1.90.